The van der Waals surface area contributed by atoms with Gasteiger partial charge in [0.2, 0.25) is 5.91 Å². The third-order valence-corrected chi connectivity index (χ3v) is 2.72. The molecule has 5 nitrogen and oxygen atoms in total. The zero-order valence-corrected chi connectivity index (χ0v) is 11.2. The van der Waals surface area contributed by atoms with Crippen molar-refractivity contribution in [3.8, 4) is 11.5 Å². The monoisotopic (exact) mass is 253 g/mol. The first-order chi connectivity index (χ1) is 8.53. The molecule has 0 unspecified atom stereocenters. The molecule has 1 N–H and O–H groups in total. The molecule has 0 saturated carbocycles. The van der Waals surface area contributed by atoms with E-state index in [0.717, 1.165) is 5.56 Å². The number of ether oxygens (including phenoxy) is 2. The SMILES string of the molecule is COc1cc(CO)c(CC(=O)N(C)C)cc1OC. The molecule has 0 radical (unpaired) electrons. The maximum atomic E-state index is 11.7. The summed E-state index contributed by atoms with van der Waals surface area (Å²) < 4.78 is 10.3. The van der Waals surface area contributed by atoms with Crippen LogP contribution in [-0.2, 0) is 17.8 Å². The van der Waals surface area contributed by atoms with Gasteiger partial charge in [0, 0.05) is 14.1 Å². The maximum Gasteiger partial charge on any atom is 0.226 e. The number of hydrogen-bond donors (Lipinski definition) is 1. The van der Waals surface area contributed by atoms with Gasteiger partial charge in [-0.2, -0.15) is 0 Å². The van der Waals surface area contributed by atoms with Crippen LogP contribution in [0.5, 0.6) is 11.5 Å². The molecule has 0 aromatic heterocycles. The average Bonchev–Trinajstić information content (AvgIpc) is 2.37. The summed E-state index contributed by atoms with van der Waals surface area (Å²) in [6.07, 6.45) is 0.225. The Hall–Kier alpha value is -1.75. The van der Waals surface area contributed by atoms with Crippen molar-refractivity contribution in [3.63, 3.8) is 0 Å². The van der Waals surface area contributed by atoms with Crippen LogP contribution in [0, 0.1) is 0 Å². The molecule has 100 valence electrons. The highest BCUT2D eigenvalue weighted by Crippen LogP contribution is 2.31. The Balaban J connectivity index is 3.13. The van der Waals surface area contributed by atoms with Gasteiger partial charge in [0.25, 0.3) is 0 Å². The number of aliphatic hydroxyl groups is 1. The van der Waals surface area contributed by atoms with Gasteiger partial charge in [-0.15, -0.1) is 0 Å². The molecule has 1 rings (SSSR count). The molecule has 0 atom stereocenters. The number of benzene rings is 1. The Labute approximate surface area is 107 Å². The first-order valence-electron chi connectivity index (χ1n) is 5.58. The summed E-state index contributed by atoms with van der Waals surface area (Å²) in [5.74, 6) is 1.07. The van der Waals surface area contributed by atoms with Gasteiger partial charge in [0.1, 0.15) is 0 Å². The summed E-state index contributed by atoms with van der Waals surface area (Å²) in [5.41, 5.74) is 1.41. The maximum absolute atomic E-state index is 11.7. The fourth-order valence-corrected chi connectivity index (χ4v) is 1.60. The summed E-state index contributed by atoms with van der Waals surface area (Å²) in [6, 6.07) is 3.42. The summed E-state index contributed by atoms with van der Waals surface area (Å²) in [6.45, 7) is -0.142. The van der Waals surface area contributed by atoms with Gasteiger partial charge in [-0.3, -0.25) is 4.79 Å². The Bertz CT molecular complexity index is 429. The lowest BCUT2D eigenvalue weighted by Crippen LogP contribution is -2.24. The number of carbonyl (C=O) groups is 1. The molecule has 0 bridgehead atoms. The number of carbonyl (C=O) groups excluding carboxylic acids is 1. The second-order valence-electron chi connectivity index (χ2n) is 4.10. The van der Waals surface area contributed by atoms with Gasteiger partial charge in [0.15, 0.2) is 11.5 Å². The van der Waals surface area contributed by atoms with E-state index in [-0.39, 0.29) is 18.9 Å². The minimum Gasteiger partial charge on any atom is -0.493 e. The van der Waals surface area contributed by atoms with Crippen molar-refractivity contribution in [3.05, 3.63) is 23.3 Å². The Morgan fingerprint density at radius 3 is 2.06 bits per heavy atom. The molecule has 1 aromatic carbocycles. The van der Waals surface area contributed by atoms with E-state index in [1.165, 1.54) is 19.1 Å². The molecular formula is C13H19NO4. The molecule has 0 saturated heterocycles. The molecule has 0 aliphatic carbocycles. The number of methoxy groups -OCH3 is 2. The van der Waals surface area contributed by atoms with Crippen LogP contribution in [0.4, 0.5) is 0 Å². The zero-order valence-electron chi connectivity index (χ0n) is 11.2. The number of hydrogen-bond acceptors (Lipinski definition) is 4. The third kappa shape index (κ3) is 3.13. The van der Waals surface area contributed by atoms with Crippen molar-refractivity contribution in [2.24, 2.45) is 0 Å². The fraction of sp³-hybridized carbons (Fsp3) is 0.462. The van der Waals surface area contributed by atoms with E-state index in [1.807, 2.05) is 0 Å². The number of rotatable bonds is 5. The van der Waals surface area contributed by atoms with Crippen LogP contribution >= 0.6 is 0 Å². The van der Waals surface area contributed by atoms with Crippen molar-refractivity contribution in [2.45, 2.75) is 13.0 Å². The van der Waals surface area contributed by atoms with Crippen LogP contribution in [0.1, 0.15) is 11.1 Å². The van der Waals surface area contributed by atoms with E-state index in [4.69, 9.17) is 9.47 Å². The predicted octanol–water partition coefficient (Wildman–Crippen LogP) is 0.827. The minimum atomic E-state index is -0.142. The molecule has 0 aliphatic heterocycles. The molecule has 5 heteroatoms. The van der Waals surface area contributed by atoms with Crippen molar-refractivity contribution in [1.29, 1.82) is 0 Å². The second-order valence-corrected chi connectivity index (χ2v) is 4.10. The number of likely N-dealkylation sites (N-methyl/N-ethyl adjacent to an activating group) is 1. The van der Waals surface area contributed by atoms with E-state index >= 15 is 0 Å². The van der Waals surface area contributed by atoms with Crippen LogP contribution in [-0.4, -0.2) is 44.2 Å². The van der Waals surface area contributed by atoms with Gasteiger partial charge < -0.3 is 19.5 Å². The Morgan fingerprint density at radius 1 is 1.17 bits per heavy atom. The molecule has 0 heterocycles. The van der Waals surface area contributed by atoms with Gasteiger partial charge in [-0.25, -0.2) is 0 Å². The minimum absolute atomic E-state index is 0.0306. The topological polar surface area (TPSA) is 59.0 Å². The van der Waals surface area contributed by atoms with Crippen molar-refractivity contribution < 1.29 is 19.4 Å². The number of amides is 1. The number of aliphatic hydroxyl groups excluding tert-OH is 1. The summed E-state index contributed by atoms with van der Waals surface area (Å²) in [7, 11) is 6.46. The molecule has 1 aromatic rings. The van der Waals surface area contributed by atoms with Crippen molar-refractivity contribution >= 4 is 5.91 Å². The fourth-order valence-electron chi connectivity index (χ4n) is 1.60. The van der Waals surface area contributed by atoms with Gasteiger partial charge >= 0.3 is 0 Å². The highest BCUT2D eigenvalue weighted by molar-refractivity contribution is 5.79. The highest BCUT2D eigenvalue weighted by atomic mass is 16.5. The van der Waals surface area contributed by atoms with Crippen LogP contribution in [0.15, 0.2) is 12.1 Å². The average molecular weight is 253 g/mol. The van der Waals surface area contributed by atoms with Gasteiger partial charge in [-0.1, -0.05) is 0 Å². The van der Waals surface area contributed by atoms with Gasteiger partial charge in [-0.05, 0) is 23.3 Å². The Morgan fingerprint density at radius 2 is 1.67 bits per heavy atom. The molecule has 1 amide bonds. The molecule has 0 spiro atoms. The predicted molar refractivity (Wildman–Crippen MR) is 67.9 cm³/mol. The summed E-state index contributed by atoms with van der Waals surface area (Å²) in [5, 5.41) is 9.33. The molecule has 0 aliphatic rings. The quantitative estimate of drug-likeness (QED) is 0.844. The van der Waals surface area contributed by atoms with E-state index in [0.29, 0.717) is 17.1 Å². The van der Waals surface area contributed by atoms with Crippen molar-refractivity contribution in [2.75, 3.05) is 28.3 Å². The normalized spacial score (nSPS) is 10.1. The van der Waals surface area contributed by atoms with E-state index in [2.05, 4.69) is 0 Å². The largest absolute Gasteiger partial charge is 0.493 e. The van der Waals surface area contributed by atoms with E-state index in [1.54, 1.807) is 26.2 Å². The summed E-state index contributed by atoms with van der Waals surface area (Å²) in [4.78, 5) is 13.2. The zero-order chi connectivity index (χ0) is 13.7. The standard InChI is InChI=1S/C13H19NO4/c1-14(2)13(16)7-9-5-11(17-3)12(18-4)6-10(9)8-15/h5-6,15H,7-8H2,1-4H3. The smallest absolute Gasteiger partial charge is 0.226 e. The van der Waals surface area contributed by atoms with Crippen molar-refractivity contribution in [1.82, 2.24) is 4.90 Å². The molecular weight excluding hydrogens is 234 g/mol. The van der Waals surface area contributed by atoms with Crippen LogP contribution in [0.25, 0.3) is 0 Å². The van der Waals surface area contributed by atoms with Gasteiger partial charge in [0.05, 0.1) is 27.2 Å². The number of nitrogens with zero attached hydrogens (tertiary/aromatic N) is 1. The molecule has 18 heavy (non-hydrogen) atoms. The lowest BCUT2D eigenvalue weighted by Gasteiger charge is -2.15. The first-order valence-corrected chi connectivity index (χ1v) is 5.58. The third-order valence-electron chi connectivity index (χ3n) is 2.72. The van der Waals surface area contributed by atoms with Crippen LogP contribution < -0.4 is 9.47 Å². The van der Waals surface area contributed by atoms with E-state index in [9.17, 15) is 9.90 Å². The second kappa shape index (κ2) is 6.26. The highest BCUT2D eigenvalue weighted by Gasteiger charge is 2.14. The van der Waals surface area contributed by atoms with E-state index < -0.39 is 0 Å². The van der Waals surface area contributed by atoms with Crippen LogP contribution in [0.3, 0.4) is 0 Å². The Kier molecular flexibility index (Phi) is 4.97. The summed E-state index contributed by atoms with van der Waals surface area (Å²) >= 11 is 0. The molecule has 0 fully saturated rings. The lowest BCUT2D eigenvalue weighted by molar-refractivity contribution is -0.127. The lowest BCUT2D eigenvalue weighted by atomic mass is 10.0. The van der Waals surface area contributed by atoms with Crippen LogP contribution in [0.2, 0.25) is 0 Å². The first kappa shape index (κ1) is 14.3.